The van der Waals surface area contributed by atoms with E-state index < -0.39 is 0 Å². The zero-order valence-corrected chi connectivity index (χ0v) is 21.4. The Morgan fingerprint density at radius 2 is 0.700 bits per heavy atom. The molecule has 194 valence electrons. The number of aromatic nitrogens is 2. The lowest BCUT2D eigenvalue weighted by Gasteiger charge is -2.08. The lowest BCUT2D eigenvalue weighted by Crippen LogP contribution is -2.30. The van der Waals surface area contributed by atoms with Gasteiger partial charge in [0, 0.05) is 59.7 Å². The number of benzene rings is 4. The topological polar surface area (TPSA) is 88.7 Å². The third-order valence-corrected chi connectivity index (χ3v) is 6.90. The van der Waals surface area contributed by atoms with Crippen LogP contribution in [-0.2, 0) is 0 Å². The maximum atomic E-state index is 10.6. The molecule has 0 aliphatic carbocycles. The van der Waals surface area contributed by atoms with Gasteiger partial charge in [-0.3, -0.25) is 0 Å². The van der Waals surface area contributed by atoms with Gasteiger partial charge in [-0.2, -0.15) is 9.13 Å². The first kappa shape index (κ1) is 24.7. The summed E-state index contributed by atoms with van der Waals surface area (Å²) >= 11 is 0. The fourth-order valence-corrected chi connectivity index (χ4v) is 4.80. The number of pyridine rings is 2. The Bertz CT molecular complexity index is 1670. The first-order valence-corrected chi connectivity index (χ1v) is 12.7. The molecule has 0 fully saturated rings. The van der Waals surface area contributed by atoms with E-state index in [9.17, 15) is 20.4 Å². The van der Waals surface area contributed by atoms with Gasteiger partial charge in [0.25, 0.3) is 11.4 Å². The number of phenols is 4. The van der Waals surface area contributed by atoms with Crippen LogP contribution in [0.1, 0.15) is 0 Å². The second-order valence-electron chi connectivity index (χ2n) is 9.44. The number of rotatable bonds is 5. The van der Waals surface area contributed by atoms with E-state index in [0.29, 0.717) is 22.5 Å². The Kier molecular flexibility index (Phi) is 6.34. The third-order valence-electron chi connectivity index (χ3n) is 6.90. The second kappa shape index (κ2) is 10.3. The summed E-state index contributed by atoms with van der Waals surface area (Å²) in [6.45, 7) is 0. The summed E-state index contributed by atoms with van der Waals surface area (Å²) < 4.78 is 3.60. The van der Waals surface area contributed by atoms with E-state index in [1.54, 1.807) is 21.3 Å². The summed E-state index contributed by atoms with van der Waals surface area (Å²) in [5.74, 6) is -0.0332. The molecule has 6 nitrogen and oxygen atoms in total. The molecule has 0 spiro atoms. The van der Waals surface area contributed by atoms with Gasteiger partial charge in [0.05, 0.1) is 0 Å². The number of aromatic hydroxyl groups is 4. The summed E-state index contributed by atoms with van der Waals surface area (Å²) in [5, 5.41) is 41.9. The molecule has 0 radical (unpaired) electrons. The molecule has 0 saturated carbocycles. The SMILES string of the molecule is Oc1cc(O)c(-[n+]2ccc(-c3cc[n+](-c4cc(-c5ccccc5)c(O)cc4O)cc3)cc2)cc1-c1ccccc1. The molecule has 2 heterocycles. The molecule has 0 aliphatic rings. The van der Waals surface area contributed by atoms with Gasteiger partial charge in [-0.15, -0.1) is 0 Å². The van der Waals surface area contributed by atoms with Crippen molar-refractivity contribution >= 4 is 0 Å². The smallest absolute Gasteiger partial charge is 0.253 e. The van der Waals surface area contributed by atoms with Crippen LogP contribution in [0.5, 0.6) is 23.0 Å². The first-order valence-electron chi connectivity index (χ1n) is 12.7. The van der Waals surface area contributed by atoms with Crippen LogP contribution in [0.25, 0.3) is 44.8 Å². The highest BCUT2D eigenvalue weighted by atomic mass is 16.3. The average Bonchev–Trinajstić information content (AvgIpc) is 2.99. The van der Waals surface area contributed by atoms with Crippen molar-refractivity contribution in [2.45, 2.75) is 0 Å². The Morgan fingerprint density at radius 1 is 0.350 bits per heavy atom. The number of hydrogen-bond acceptors (Lipinski definition) is 4. The minimum Gasteiger partial charge on any atom is -0.507 e. The van der Waals surface area contributed by atoms with Crippen molar-refractivity contribution in [2.75, 3.05) is 0 Å². The quantitative estimate of drug-likeness (QED) is 0.206. The van der Waals surface area contributed by atoms with Crippen molar-refractivity contribution in [1.29, 1.82) is 0 Å². The molecule has 0 bridgehead atoms. The Hall–Kier alpha value is -5.62. The van der Waals surface area contributed by atoms with Crippen molar-refractivity contribution in [2.24, 2.45) is 0 Å². The number of hydrogen-bond donors (Lipinski definition) is 4. The van der Waals surface area contributed by atoms with Gasteiger partial charge in [0.15, 0.2) is 36.3 Å². The van der Waals surface area contributed by atoms with Crippen LogP contribution in [0.4, 0.5) is 0 Å². The maximum Gasteiger partial charge on any atom is 0.253 e. The van der Waals surface area contributed by atoms with Gasteiger partial charge in [0.2, 0.25) is 0 Å². The van der Waals surface area contributed by atoms with Crippen LogP contribution in [0.2, 0.25) is 0 Å². The fourth-order valence-electron chi connectivity index (χ4n) is 4.80. The largest absolute Gasteiger partial charge is 0.507 e. The minimum atomic E-state index is -0.0285. The van der Waals surface area contributed by atoms with E-state index in [-0.39, 0.29) is 23.0 Å². The van der Waals surface area contributed by atoms with Crippen LogP contribution >= 0.6 is 0 Å². The van der Waals surface area contributed by atoms with Crippen LogP contribution in [0.3, 0.4) is 0 Å². The molecule has 6 aromatic rings. The summed E-state index contributed by atoms with van der Waals surface area (Å²) in [5.41, 5.74) is 5.99. The van der Waals surface area contributed by atoms with E-state index >= 15 is 0 Å². The van der Waals surface area contributed by atoms with E-state index in [4.69, 9.17) is 0 Å². The molecule has 4 aromatic carbocycles. The highest BCUT2D eigenvalue weighted by Crippen LogP contribution is 2.36. The predicted octanol–water partition coefficient (Wildman–Crippen LogP) is 6.06. The zero-order valence-electron chi connectivity index (χ0n) is 21.4. The monoisotopic (exact) mass is 526 g/mol. The highest BCUT2D eigenvalue weighted by Gasteiger charge is 2.20. The van der Waals surface area contributed by atoms with Crippen molar-refractivity contribution in [3.63, 3.8) is 0 Å². The Balaban J connectivity index is 1.29. The molecule has 0 saturated heterocycles. The molecule has 6 rings (SSSR count). The van der Waals surface area contributed by atoms with Gasteiger partial charge in [-0.25, -0.2) is 0 Å². The summed E-state index contributed by atoms with van der Waals surface area (Å²) in [7, 11) is 0. The second-order valence-corrected chi connectivity index (χ2v) is 9.44. The zero-order chi connectivity index (χ0) is 27.6. The summed E-state index contributed by atoms with van der Waals surface area (Å²) in [4.78, 5) is 0. The molecule has 0 amide bonds. The van der Waals surface area contributed by atoms with Crippen molar-refractivity contribution < 1.29 is 29.6 Å². The number of nitrogens with zero attached hydrogens (tertiary/aromatic N) is 2. The molecule has 4 N–H and O–H groups in total. The Morgan fingerprint density at radius 3 is 1.05 bits per heavy atom. The highest BCUT2D eigenvalue weighted by molar-refractivity contribution is 5.74. The standard InChI is InChI=1S/C34H24N2O4/c37-31-21-33(39)29(19-27(31)25-7-3-1-4-8-25)35-15-11-23(12-16-35)24-13-17-36(18-14-24)30-20-28(32(38)22-34(30)40)26-9-5-2-6-10-26/h1-22H,(H2-,37,38,39,40)/p+2. The van der Waals surface area contributed by atoms with Crippen molar-refractivity contribution in [3.05, 3.63) is 134 Å². The van der Waals surface area contributed by atoms with Crippen LogP contribution in [-0.4, -0.2) is 20.4 Å². The molecule has 0 atom stereocenters. The normalized spacial score (nSPS) is 10.9. The lowest BCUT2D eigenvalue weighted by atomic mass is 10.0. The first-order chi connectivity index (χ1) is 19.5. The summed E-state index contributed by atoms with van der Waals surface area (Å²) in [6, 6.07) is 33.1. The maximum absolute atomic E-state index is 10.6. The molecule has 6 heteroatoms. The van der Waals surface area contributed by atoms with Gasteiger partial charge in [0.1, 0.15) is 11.5 Å². The van der Waals surface area contributed by atoms with Crippen molar-refractivity contribution in [1.82, 2.24) is 0 Å². The van der Waals surface area contributed by atoms with Crippen LogP contribution in [0, 0.1) is 0 Å². The molecule has 2 aromatic heterocycles. The third kappa shape index (κ3) is 4.70. The van der Waals surface area contributed by atoms with E-state index in [2.05, 4.69) is 0 Å². The molecule has 0 unspecified atom stereocenters. The van der Waals surface area contributed by atoms with Gasteiger partial charge >= 0.3 is 0 Å². The van der Waals surface area contributed by atoms with Crippen molar-refractivity contribution in [3.8, 4) is 67.8 Å². The fraction of sp³-hybridized carbons (Fsp3) is 0. The summed E-state index contributed by atoms with van der Waals surface area (Å²) in [6.07, 6.45) is 7.43. The van der Waals surface area contributed by atoms with Gasteiger partial charge in [-0.1, -0.05) is 60.7 Å². The van der Waals surface area contributed by atoms with E-state index in [1.165, 1.54) is 12.1 Å². The Labute approximate surface area is 231 Å². The molecule has 0 aliphatic heterocycles. The van der Waals surface area contributed by atoms with E-state index in [0.717, 1.165) is 22.3 Å². The van der Waals surface area contributed by atoms with Gasteiger partial charge < -0.3 is 20.4 Å². The number of phenolic OH excluding ortho intramolecular Hbond substituents is 4. The van der Waals surface area contributed by atoms with Crippen LogP contribution in [0.15, 0.2) is 134 Å². The lowest BCUT2D eigenvalue weighted by molar-refractivity contribution is -0.596. The molecule has 40 heavy (non-hydrogen) atoms. The average molecular weight is 527 g/mol. The molecular weight excluding hydrogens is 500 g/mol. The van der Waals surface area contributed by atoms with Crippen LogP contribution < -0.4 is 9.13 Å². The minimum absolute atomic E-state index is 0.0119. The predicted molar refractivity (Wildman–Crippen MR) is 152 cm³/mol. The molecular formula is C34H26N2O4+2. The van der Waals surface area contributed by atoms with Gasteiger partial charge in [-0.05, 0) is 22.3 Å². The van der Waals surface area contributed by atoms with E-state index in [1.807, 2.05) is 110 Å².